The first-order valence-electron chi connectivity index (χ1n) is 3.85. The highest BCUT2D eigenvalue weighted by Gasteiger charge is 2.27. The van der Waals surface area contributed by atoms with E-state index in [2.05, 4.69) is 0 Å². The van der Waals surface area contributed by atoms with Gasteiger partial charge in [-0.1, -0.05) is 0 Å². The Hall–Kier alpha value is -1.03. The zero-order valence-electron chi connectivity index (χ0n) is 6.66. The van der Waals surface area contributed by atoms with Crippen LogP contribution in [0.1, 0.15) is 5.56 Å². The molecule has 0 saturated heterocycles. The zero-order valence-corrected chi connectivity index (χ0v) is 7.47. The number of thioether (sulfide) groups is 1. The third-order valence-corrected chi connectivity index (χ3v) is 3.28. The van der Waals surface area contributed by atoms with Crippen LogP contribution in [0.25, 0.3) is 0 Å². The van der Waals surface area contributed by atoms with Crippen LogP contribution in [0.4, 0.5) is 4.39 Å². The van der Waals surface area contributed by atoms with Crippen LogP contribution in [-0.4, -0.2) is 16.3 Å². The highest BCUT2D eigenvalue weighted by atomic mass is 32.2. The van der Waals surface area contributed by atoms with E-state index in [9.17, 15) is 9.18 Å². The Bertz CT molecular complexity index is 365. The molecule has 1 aliphatic rings. The molecule has 1 aromatic rings. The lowest BCUT2D eigenvalue weighted by Gasteiger charge is -1.97. The van der Waals surface area contributed by atoms with Crippen LogP contribution < -0.4 is 0 Å². The highest BCUT2D eigenvalue weighted by Crippen LogP contribution is 2.37. The van der Waals surface area contributed by atoms with Crippen LogP contribution in [0, 0.1) is 5.82 Å². The van der Waals surface area contributed by atoms with E-state index < -0.39 is 11.2 Å². The number of halogens is 1. The lowest BCUT2D eigenvalue weighted by molar-refractivity contribution is -0.136. The van der Waals surface area contributed by atoms with Gasteiger partial charge in [-0.05, 0) is 30.2 Å². The van der Waals surface area contributed by atoms with Gasteiger partial charge < -0.3 is 5.11 Å². The van der Waals surface area contributed by atoms with E-state index >= 15 is 0 Å². The molecule has 0 radical (unpaired) electrons. The van der Waals surface area contributed by atoms with Crippen molar-refractivity contribution in [3.05, 3.63) is 29.6 Å². The number of hydrogen-bond acceptors (Lipinski definition) is 2. The molecule has 1 aliphatic heterocycles. The van der Waals surface area contributed by atoms with Crippen molar-refractivity contribution in [1.29, 1.82) is 0 Å². The maximum atomic E-state index is 12.7. The number of rotatable bonds is 1. The maximum Gasteiger partial charge on any atom is 0.317 e. The van der Waals surface area contributed by atoms with Gasteiger partial charge in [0, 0.05) is 4.90 Å². The Labute approximate surface area is 78.8 Å². The monoisotopic (exact) mass is 198 g/mol. The van der Waals surface area contributed by atoms with Crippen LogP contribution in [0.15, 0.2) is 23.1 Å². The molecule has 1 heterocycles. The number of carboxylic acids is 1. The zero-order chi connectivity index (χ0) is 9.42. The molecule has 13 heavy (non-hydrogen) atoms. The van der Waals surface area contributed by atoms with E-state index in [4.69, 9.17) is 5.11 Å². The van der Waals surface area contributed by atoms with Gasteiger partial charge in [-0.15, -0.1) is 11.8 Å². The third-order valence-electron chi connectivity index (χ3n) is 1.97. The number of carboxylic acid groups (broad SMARTS) is 1. The molecule has 4 heteroatoms. The molecule has 0 aromatic heterocycles. The van der Waals surface area contributed by atoms with Gasteiger partial charge in [0.05, 0.1) is 0 Å². The van der Waals surface area contributed by atoms with E-state index in [0.29, 0.717) is 6.42 Å². The van der Waals surface area contributed by atoms with Gasteiger partial charge in [-0.3, -0.25) is 4.79 Å². The van der Waals surface area contributed by atoms with E-state index in [1.54, 1.807) is 6.07 Å². The first-order chi connectivity index (χ1) is 6.16. The summed E-state index contributed by atoms with van der Waals surface area (Å²) < 4.78 is 12.7. The largest absolute Gasteiger partial charge is 0.480 e. The molecule has 68 valence electrons. The van der Waals surface area contributed by atoms with Crippen molar-refractivity contribution in [3.8, 4) is 0 Å². The fraction of sp³-hybridized carbons (Fsp3) is 0.222. The molecular formula is C9H7FO2S. The first kappa shape index (κ1) is 8.56. The topological polar surface area (TPSA) is 37.3 Å². The maximum absolute atomic E-state index is 12.7. The van der Waals surface area contributed by atoms with Crippen molar-refractivity contribution in [2.45, 2.75) is 16.6 Å². The van der Waals surface area contributed by atoms with E-state index in [0.717, 1.165) is 10.5 Å². The van der Waals surface area contributed by atoms with E-state index in [1.165, 1.54) is 23.9 Å². The second-order valence-corrected chi connectivity index (χ2v) is 4.15. The van der Waals surface area contributed by atoms with Crippen LogP contribution in [-0.2, 0) is 11.2 Å². The van der Waals surface area contributed by atoms with Crippen molar-refractivity contribution in [2.75, 3.05) is 0 Å². The first-order valence-corrected chi connectivity index (χ1v) is 4.72. The summed E-state index contributed by atoms with van der Waals surface area (Å²) in [6, 6.07) is 4.40. The Morgan fingerprint density at radius 3 is 3.08 bits per heavy atom. The summed E-state index contributed by atoms with van der Waals surface area (Å²) in [4.78, 5) is 11.5. The van der Waals surface area contributed by atoms with Crippen LogP contribution >= 0.6 is 11.8 Å². The van der Waals surface area contributed by atoms with Crippen molar-refractivity contribution in [3.63, 3.8) is 0 Å². The molecule has 0 unspecified atom stereocenters. The summed E-state index contributed by atoms with van der Waals surface area (Å²) in [6.45, 7) is 0. The van der Waals surface area contributed by atoms with Crippen molar-refractivity contribution in [2.24, 2.45) is 0 Å². The second kappa shape index (κ2) is 3.03. The number of fused-ring (bicyclic) bond motifs is 1. The molecular weight excluding hydrogens is 191 g/mol. The summed E-state index contributed by atoms with van der Waals surface area (Å²) >= 11 is 1.29. The second-order valence-electron chi connectivity index (χ2n) is 2.90. The summed E-state index contributed by atoms with van der Waals surface area (Å²) in [7, 11) is 0. The van der Waals surface area contributed by atoms with Gasteiger partial charge in [-0.25, -0.2) is 4.39 Å². The van der Waals surface area contributed by atoms with Crippen molar-refractivity contribution < 1.29 is 14.3 Å². The Kier molecular flexibility index (Phi) is 2.00. The minimum absolute atomic E-state index is 0.301. The Morgan fingerprint density at radius 2 is 2.38 bits per heavy atom. The SMILES string of the molecule is O=C(O)[C@@H]1Cc2cc(F)ccc2S1. The molecule has 0 bridgehead atoms. The Balaban J connectivity index is 2.30. The van der Waals surface area contributed by atoms with Gasteiger partial charge in [0.15, 0.2) is 0 Å². The molecule has 0 spiro atoms. The third kappa shape index (κ3) is 1.54. The molecule has 1 aromatic carbocycles. The molecule has 1 atom stereocenters. The molecule has 0 aliphatic carbocycles. The Morgan fingerprint density at radius 1 is 1.62 bits per heavy atom. The van der Waals surface area contributed by atoms with Gasteiger partial charge in [-0.2, -0.15) is 0 Å². The predicted octanol–water partition coefficient (Wildman–Crippen LogP) is 1.93. The highest BCUT2D eigenvalue weighted by molar-refractivity contribution is 8.01. The lowest BCUT2D eigenvalue weighted by Crippen LogP contribution is -2.14. The minimum atomic E-state index is -0.832. The average molecular weight is 198 g/mol. The smallest absolute Gasteiger partial charge is 0.317 e. The molecule has 0 saturated carbocycles. The molecule has 0 amide bonds. The van der Waals surface area contributed by atoms with Gasteiger partial charge in [0.2, 0.25) is 0 Å². The van der Waals surface area contributed by atoms with Gasteiger partial charge in [0.1, 0.15) is 11.1 Å². The van der Waals surface area contributed by atoms with Crippen molar-refractivity contribution in [1.82, 2.24) is 0 Å². The minimum Gasteiger partial charge on any atom is -0.480 e. The number of benzene rings is 1. The normalized spacial score (nSPS) is 19.9. The summed E-state index contributed by atoms with van der Waals surface area (Å²) in [6.07, 6.45) is 0.424. The van der Waals surface area contributed by atoms with Crippen LogP contribution in [0.2, 0.25) is 0 Å². The number of aliphatic carboxylic acids is 1. The van der Waals surface area contributed by atoms with E-state index in [-0.39, 0.29) is 5.82 Å². The number of hydrogen-bond donors (Lipinski definition) is 1. The molecule has 1 N–H and O–H groups in total. The van der Waals surface area contributed by atoms with E-state index in [1.807, 2.05) is 0 Å². The van der Waals surface area contributed by atoms with Gasteiger partial charge in [0.25, 0.3) is 0 Å². The molecule has 0 fully saturated rings. The van der Waals surface area contributed by atoms with Crippen LogP contribution in [0.5, 0.6) is 0 Å². The molecule has 2 nitrogen and oxygen atoms in total. The number of carbonyl (C=O) groups is 1. The fourth-order valence-corrected chi connectivity index (χ4v) is 2.47. The summed E-state index contributed by atoms with van der Waals surface area (Å²) in [5, 5.41) is 8.29. The quantitative estimate of drug-likeness (QED) is 0.749. The van der Waals surface area contributed by atoms with Crippen molar-refractivity contribution >= 4 is 17.7 Å². The fourth-order valence-electron chi connectivity index (χ4n) is 1.35. The molecule has 2 rings (SSSR count). The summed E-state index contributed by atoms with van der Waals surface area (Å²) in [5.74, 6) is -1.13. The van der Waals surface area contributed by atoms with Gasteiger partial charge >= 0.3 is 5.97 Å². The summed E-state index contributed by atoms with van der Waals surface area (Å²) in [5.41, 5.74) is 0.803. The lowest BCUT2D eigenvalue weighted by atomic mass is 10.1. The standard InChI is InChI=1S/C9H7FO2S/c10-6-1-2-7-5(3-6)4-8(13-7)9(11)12/h1-3,8H,4H2,(H,11,12)/t8-/m0/s1. The predicted molar refractivity (Wildman–Crippen MR) is 47.4 cm³/mol. The average Bonchev–Trinajstić information content (AvgIpc) is 2.46. The van der Waals surface area contributed by atoms with Crippen LogP contribution in [0.3, 0.4) is 0 Å².